The third-order valence-corrected chi connectivity index (χ3v) is 4.50. The van der Waals surface area contributed by atoms with Gasteiger partial charge < -0.3 is 15.4 Å². The standard InChI is InChI=1S/C16H19N3O2S2/c1-5-11-8-12(15(20)21-4)14(23-11)19-16(22)18-13-7-9(2)6-10(3)17-13/h6-8H,5H2,1-4H3,(H2,17,18,19,22). The molecule has 0 aliphatic heterocycles. The number of methoxy groups -OCH3 is 1. The van der Waals surface area contributed by atoms with Crippen molar-refractivity contribution in [2.45, 2.75) is 27.2 Å². The summed E-state index contributed by atoms with van der Waals surface area (Å²) in [6.45, 7) is 5.96. The number of hydrogen-bond donors (Lipinski definition) is 2. The van der Waals surface area contributed by atoms with E-state index in [0.29, 0.717) is 21.5 Å². The fraction of sp³-hybridized carbons (Fsp3) is 0.312. The molecule has 0 aromatic carbocycles. The van der Waals surface area contributed by atoms with Crippen LogP contribution in [0.25, 0.3) is 0 Å². The molecule has 0 radical (unpaired) electrons. The van der Waals surface area contributed by atoms with Crippen molar-refractivity contribution in [3.63, 3.8) is 0 Å². The van der Waals surface area contributed by atoms with E-state index in [4.69, 9.17) is 17.0 Å². The van der Waals surface area contributed by atoms with E-state index in [0.717, 1.165) is 22.6 Å². The summed E-state index contributed by atoms with van der Waals surface area (Å²) in [4.78, 5) is 17.3. The van der Waals surface area contributed by atoms with Crippen LogP contribution in [0.1, 0.15) is 33.4 Å². The Morgan fingerprint density at radius 1 is 1.30 bits per heavy atom. The molecule has 0 spiro atoms. The molecule has 2 rings (SSSR count). The SMILES string of the molecule is CCc1cc(C(=O)OC)c(NC(=S)Nc2cc(C)cc(C)n2)s1. The van der Waals surface area contributed by atoms with Gasteiger partial charge in [0.15, 0.2) is 5.11 Å². The molecule has 0 saturated heterocycles. The van der Waals surface area contributed by atoms with Crippen LogP contribution >= 0.6 is 23.6 Å². The number of hydrogen-bond acceptors (Lipinski definition) is 5. The van der Waals surface area contributed by atoms with Gasteiger partial charge in [0, 0.05) is 10.6 Å². The van der Waals surface area contributed by atoms with Crippen LogP contribution in [0.4, 0.5) is 10.8 Å². The smallest absolute Gasteiger partial charge is 0.340 e. The summed E-state index contributed by atoms with van der Waals surface area (Å²) in [6.07, 6.45) is 0.842. The minimum absolute atomic E-state index is 0.379. The lowest BCUT2D eigenvalue weighted by molar-refractivity contribution is 0.0602. The Morgan fingerprint density at radius 3 is 2.65 bits per heavy atom. The molecular weight excluding hydrogens is 330 g/mol. The van der Waals surface area contributed by atoms with Crippen molar-refractivity contribution < 1.29 is 9.53 Å². The van der Waals surface area contributed by atoms with E-state index < -0.39 is 0 Å². The van der Waals surface area contributed by atoms with E-state index >= 15 is 0 Å². The number of aryl methyl sites for hydroxylation is 3. The van der Waals surface area contributed by atoms with E-state index in [1.165, 1.54) is 18.4 Å². The third-order valence-electron chi connectivity index (χ3n) is 3.10. The molecule has 0 fully saturated rings. The summed E-state index contributed by atoms with van der Waals surface area (Å²) in [6, 6.07) is 5.73. The lowest BCUT2D eigenvalue weighted by Crippen LogP contribution is -2.20. The first kappa shape index (κ1) is 17.4. The number of nitrogens with zero attached hydrogens (tertiary/aromatic N) is 1. The zero-order valence-electron chi connectivity index (χ0n) is 13.5. The van der Waals surface area contributed by atoms with Gasteiger partial charge in [-0.3, -0.25) is 0 Å². The summed E-state index contributed by atoms with van der Waals surface area (Å²) in [7, 11) is 1.37. The number of aromatic nitrogens is 1. The quantitative estimate of drug-likeness (QED) is 0.644. The number of rotatable bonds is 4. The highest BCUT2D eigenvalue weighted by molar-refractivity contribution is 7.80. The number of nitrogens with one attached hydrogen (secondary N) is 2. The first-order valence-electron chi connectivity index (χ1n) is 7.17. The number of pyridine rings is 1. The van der Waals surface area contributed by atoms with E-state index in [1.54, 1.807) is 0 Å². The van der Waals surface area contributed by atoms with Gasteiger partial charge in [0.2, 0.25) is 0 Å². The number of esters is 1. The van der Waals surface area contributed by atoms with E-state index in [2.05, 4.69) is 15.6 Å². The number of thiocarbonyl (C=S) groups is 1. The molecule has 2 heterocycles. The number of anilines is 2. The van der Waals surface area contributed by atoms with E-state index in [1.807, 2.05) is 39.0 Å². The second kappa shape index (κ2) is 7.52. The second-order valence-corrected chi connectivity index (χ2v) is 6.60. The largest absolute Gasteiger partial charge is 0.465 e. The van der Waals surface area contributed by atoms with Gasteiger partial charge in [-0.2, -0.15) is 0 Å². The van der Waals surface area contributed by atoms with Crippen molar-refractivity contribution in [3.05, 3.63) is 39.9 Å². The predicted octanol–water partition coefficient (Wildman–Crippen LogP) is 3.92. The monoisotopic (exact) mass is 349 g/mol. The van der Waals surface area contributed by atoms with E-state index in [9.17, 15) is 4.79 Å². The maximum absolute atomic E-state index is 11.9. The average molecular weight is 349 g/mol. The maximum Gasteiger partial charge on any atom is 0.340 e. The molecule has 122 valence electrons. The third kappa shape index (κ3) is 4.49. The number of carbonyl (C=O) groups is 1. The molecule has 0 aliphatic carbocycles. The Hall–Kier alpha value is -1.99. The average Bonchev–Trinajstić information content (AvgIpc) is 2.88. The molecule has 0 atom stereocenters. The minimum atomic E-state index is -0.379. The van der Waals surface area contributed by atoms with Crippen LogP contribution in [0.15, 0.2) is 18.2 Å². The second-order valence-electron chi connectivity index (χ2n) is 5.05. The Kier molecular flexibility index (Phi) is 5.68. The Balaban J connectivity index is 2.16. The predicted molar refractivity (Wildman–Crippen MR) is 98.6 cm³/mol. The summed E-state index contributed by atoms with van der Waals surface area (Å²) >= 11 is 6.81. The Bertz CT molecular complexity index is 721. The van der Waals surface area contributed by atoms with Crippen molar-refractivity contribution in [1.29, 1.82) is 0 Å². The lowest BCUT2D eigenvalue weighted by atomic mass is 10.2. The van der Waals surface area contributed by atoms with Gasteiger partial charge in [0.1, 0.15) is 10.8 Å². The lowest BCUT2D eigenvalue weighted by Gasteiger charge is -2.11. The summed E-state index contributed by atoms with van der Waals surface area (Å²) < 4.78 is 4.82. The normalized spacial score (nSPS) is 10.3. The molecule has 7 heteroatoms. The van der Waals surface area contributed by atoms with Crippen molar-refractivity contribution in [2.75, 3.05) is 17.7 Å². The summed E-state index contributed by atoms with van der Waals surface area (Å²) in [5.74, 6) is 0.294. The maximum atomic E-state index is 11.9. The van der Waals surface area contributed by atoms with Gasteiger partial charge in [-0.05, 0) is 56.2 Å². The molecule has 0 aliphatic rings. The van der Waals surface area contributed by atoms with Crippen molar-refractivity contribution in [2.24, 2.45) is 0 Å². The van der Waals surface area contributed by atoms with Crippen molar-refractivity contribution >= 4 is 45.5 Å². The van der Waals surface area contributed by atoms with E-state index in [-0.39, 0.29) is 5.97 Å². The molecule has 0 saturated carbocycles. The number of carbonyl (C=O) groups excluding carboxylic acids is 1. The zero-order chi connectivity index (χ0) is 17.0. The summed E-state index contributed by atoms with van der Waals surface area (Å²) in [5.41, 5.74) is 2.50. The van der Waals surface area contributed by atoms with Crippen molar-refractivity contribution in [1.82, 2.24) is 4.98 Å². The first-order valence-corrected chi connectivity index (χ1v) is 8.39. The highest BCUT2D eigenvalue weighted by Crippen LogP contribution is 2.29. The van der Waals surface area contributed by atoms with Crippen LogP contribution in [0.3, 0.4) is 0 Å². The van der Waals surface area contributed by atoms with Gasteiger partial charge in [-0.25, -0.2) is 9.78 Å². The van der Waals surface area contributed by atoms with Crippen LogP contribution in [-0.2, 0) is 11.2 Å². The zero-order valence-corrected chi connectivity index (χ0v) is 15.2. The molecule has 5 nitrogen and oxygen atoms in total. The molecule has 2 aromatic heterocycles. The molecule has 23 heavy (non-hydrogen) atoms. The molecule has 2 aromatic rings. The van der Waals surface area contributed by atoms with Crippen LogP contribution in [0, 0.1) is 13.8 Å². The Labute approximate surface area is 145 Å². The topological polar surface area (TPSA) is 63.2 Å². The number of thiophene rings is 1. The molecular formula is C16H19N3O2S2. The fourth-order valence-corrected chi connectivity index (χ4v) is 3.39. The highest BCUT2D eigenvalue weighted by Gasteiger charge is 2.17. The van der Waals surface area contributed by atoms with Crippen LogP contribution < -0.4 is 10.6 Å². The van der Waals surface area contributed by atoms with Crippen molar-refractivity contribution in [3.8, 4) is 0 Å². The first-order chi connectivity index (χ1) is 10.9. The van der Waals surface area contributed by atoms with Gasteiger partial charge in [0.25, 0.3) is 0 Å². The molecule has 0 unspecified atom stereocenters. The van der Waals surface area contributed by atoms with Gasteiger partial charge >= 0.3 is 5.97 Å². The minimum Gasteiger partial charge on any atom is -0.465 e. The van der Waals surface area contributed by atoms with Crippen LogP contribution in [-0.4, -0.2) is 23.2 Å². The fourth-order valence-electron chi connectivity index (χ4n) is 2.13. The highest BCUT2D eigenvalue weighted by atomic mass is 32.1. The van der Waals surface area contributed by atoms with Gasteiger partial charge in [0.05, 0.1) is 12.7 Å². The molecule has 2 N–H and O–H groups in total. The Morgan fingerprint density at radius 2 is 2.04 bits per heavy atom. The van der Waals surface area contributed by atoms with Gasteiger partial charge in [-0.15, -0.1) is 11.3 Å². The number of ether oxygens (including phenoxy) is 1. The summed E-state index contributed by atoms with van der Waals surface area (Å²) in [5, 5.41) is 7.18. The molecule has 0 amide bonds. The van der Waals surface area contributed by atoms with Crippen LogP contribution in [0.2, 0.25) is 0 Å². The van der Waals surface area contributed by atoms with Crippen LogP contribution in [0.5, 0.6) is 0 Å². The van der Waals surface area contributed by atoms with Gasteiger partial charge in [-0.1, -0.05) is 6.92 Å². The molecule has 0 bridgehead atoms.